The predicted molar refractivity (Wildman–Crippen MR) is 94.3 cm³/mol. The highest BCUT2D eigenvalue weighted by molar-refractivity contribution is 6.42. The van der Waals surface area contributed by atoms with Crippen LogP contribution in [0.1, 0.15) is 23.0 Å². The molecular weight excluding hydrogens is 366 g/mol. The van der Waals surface area contributed by atoms with E-state index in [1.54, 1.807) is 18.2 Å². The second-order valence-corrected chi connectivity index (χ2v) is 6.05. The molecule has 3 rings (SSSR count). The Morgan fingerprint density at radius 2 is 1.96 bits per heavy atom. The molecule has 4 nitrogen and oxygen atoms in total. The van der Waals surface area contributed by atoms with Crippen LogP contribution in [0, 0.1) is 5.82 Å². The van der Waals surface area contributed by atoms with Crippen LogP contribution in [-0.4, -0.2) is 15.7 Å². The molecule has 2 aromatic carbocycles. The summed E-state index contributed by atoms with van der Waals surface area (Å²) >= 11 is 11.8. The maximum absolute atomic E-state index is 13.5. The van der Waals surface area contributed by atoms with Crippen molar-refractivity contribution in [2.45, 2.75) is 13.3 Å². The first kappa shape index (κ1) is 17.5. The average Bonchev–Trinajstić information content (AvgIpc) is 3.00. The molecule has 0 atom stereocenters. The van der Waals surface area contributed by atoms with Gasteiger partial charge in [-0.3, -0.25) is 0 Å². The number of esters is 1. The molecule has 0 radical (unpaired) electrons. The maximum Gasteiger partial charge on any atom is 0.344 e. The summed E-state index contributed by atoms with van der Waals surface area (Å²) in [5.41, 5.74) is 1.41. The van der Waals surface area contributed by atoms with E-state index >= 15 is 0 Å². The quantitative estimate of drug-likeness (QED) is 0.593. The number of nitrogens with zero attached hydrogens (tertiary/aromatic N) is 2. The highest BCUT2D eigenvalue weighted by Crippen LogP contribution is 2.25. The van der Waals surface area contributed by atoms with Crippen molar-refractivity contribution in [1.82, 2.24) is 9.78 Å². The molecule has 0 aliphatic carbocycles. The monoisotopic (exact) mass is 378 g/mol. The van der Waals surface area contributed by atoms with E-state index < -0.39 is 11.8 Å². The Morgan fingerprint density at radius 1 is 1.16 bits per heavy atom. The lowest BCUT2D eigenvalue weighted by Crippen LogP contribution is -2.12. The van der Waals surface area contributed by atoms with E-state index in [9.17, 15) is 9.18 Å². The fourth-order valence-electron chi connectivity index (χ4n) is 2.23. The molecule has 0 aliphatic heterocycles. The molecule has 25 heavy (non-hydrogen) atoms. The molecule has 0 bridgehead atoms. The number of carbonyl (C=O) groups excluding carboxylic acids is 1. The van der Waals surface area contributed by atoms with Gasteiger partial charge in [-0.25, -0.2) is 13.9 Å². The molecule has 0 spiro atoms. The Hall–Kier alpha value is -2.37. The molecule has 0 amide bonds. The average molecular weight is 379 g/mol. The Balaban J connectivity index is 1.95. The van der Waals surface area contributed by atoms with Crippen LogP contribution in [0.5, 0.6) is 5.88 Å². The Morgan fingerprint density at radius 3 is 2.64 bits per heavy atom. The van der Waals surface area contributed by atoms with E-state index in [2.05, 4.69) is 5.10 Å². The number of aromatic nitrogens is 2. The summed E-state index contributed by atoms with van der Waals surface area (Å²) in [6.07, 6.45) is 0.639. The van der Waals surface area contributed by atoms with Crippen molar-refractivity contribution >= 4 is 29.2 Å². The Kier molecular flexibility index (Phi) is 5.06. The Labute approximate surface area is 153 Å². The van der Waals surface area contributed by atoms with Crippen molar-refractivity contribution in [2.24, 2.45) is 0 Å². The number of aryl methyl sites for hydroxylation is 1. The molecule has 0 saturated heterocycles. The van der Waals surface area contributed by atoms with E-state index in [0.29, 0.717) is 22.8 Å². The standard InChI is InChI=1S/C18H13Cl2FN2O2/c1-2-13-10-17(23(22-13)14-5-3-4-12(21)9-14)25-18(24)11-6-7-15(19)16(20)8-11/h3-10H,2H2,1H3. The summed E-state index contributed by atoms with van der Waals surface area (Å²) in [4.78, 5) is 12.4. The molecule has 0 fully saturated rings. The van der Waals surface area contributed by atoms with Crippen molar-refractivity contribution in [3.63, 3.8) is 0 Å². The zero-order valence-corrected chi connectivity index (χ0v) is 14.7. The van der Waals surface area contributed by atoms with Gasteiger partial charge in [0.1, 0.15) is 5.82 Å². The highest BCUT2D eigenvalue weighted by atomic mass is 35.5. The largest absolute Gasteiger partial charge is 0.404 e. The lowest BCUT2D eigenvalue weighted by molar-refractivity contribution is 0.0723. The number of rotatable bonds is 4. The van der Waals surface area contributed by atoms with Crippen LogP contribution in [0.25, 0.3) is 5.69 Å². The van der Waals surface area contributed by atoms with E-state index in [-0.39, 0.29) is 16.5 Å². The number of halogens is 3. The summed E-state index contributed by atoms with van der Waals surface area (Å²) < 4.78 is 20.3. The topological polar surface area (TPSA) is 44.1 Å². The van der Waals surface area contributed by atoms with Gasteiger partial charge in [0, 0.05) is 6.07 Å². The minimum atomic E-state index is -0.612. The van der Waals surface area contributed by atoms with Gasteiger partial charge in [0.05, 0.1) is 27.0 Å². The van der Waals surface area contributed by atoms with Gasteiger partial charge in [-0.2, -0.15) is 5.10 Å². The molecule has 1 heterocycles. The van der Waals surface area contributed by atoms with Gasteiger partial charge >= 0.3 is 5.97 Å². The van der Waals surface area contributed by atoms with Gasteiger partial charge < -0.3 is 4.74 Å². The molecule has 0 N–H and O–H groups in total. The lowest BCUT2D eigenvalue weighted by atomic mass is 10.2. The summed E-state index contributed by atoms with van der Waals surface area (Å²) in [6.45, 7) is 1.92. The van der Waals surface area contributed by atoms with Crippen LogP contribution in [-0.2, 0) is 6.42 Å². The van der Waals surface area contributed by atoms with Crippen molar-refractivity contribution in [2.75, 3.05) is 0 Å². The SMILES string of the molecule is CCc1cc(OC(=O)c2ccc(Cl)c(Cl)c2)n(-c2cccc(F)c2)n1. The second kappa shape index (κ2) is 7.25. The third-order valence-electron chi connectivity index (χ3n) is 3.49. The zero-order chi connectivity index (χ0) is 18.0. The normalized spacial score (nSPS) is 10.7. The lowest BCUT2D eigenvalue weighted by Gasteiger charge is -2.08. The van der Waals surface area contributed by atoms with Gasteiger partial charge in [-0.1, -0.05) is 36.2 Å². The Bertz CT molecular complexity index is 941. The molecule has 7 heteroatoms. The zero-order valence-electron chi connectivity index (χ0n) is 13.2. The smallest absolute Gasteiger partial charge is 0.344 e. The van der Waals surface area contributed by atoms with Crippen LogP contribution in [0.4, 0.5) is 4.39 Å². The molecule has 0 saturated carbocycles. The summed E-state index contributed by atoms with van der Waals surface area (Å²) in [6, 6.07) is 12.0. The number of carbonyl (C=O) groups is 1. The number of benzene rings is 2. The molecule has 3 aromatic rings. The van der Waals surface area contributed by atoms with Crippen LogP contribution >= 0.6 is 23.2 Å². The molecule has 0 unspecified atom stereocenters. The first-order valence-corrected chi connectivity index (χ1v) is 8.25. The fraction of sp³-hybridized carbons (Fsp3) is 0.111. The summed E-state index contributed by atoms with van der Waals surface area (Å²) in [5, 5.41) is 4.94. The van der Waals surface area contributed by atoms with Crippen molar-refractivity contribution in [1.29, 1.82) is 0 Å². The second-order valence-electron chi connectivity index (χ2n) is 5.24. The molecule has 128 valence electrons. The van der Waals surface area contributed by atoms with Crippen molar-refractivity contribution in [3.8, 4) is 11.6 Å². The number of ether oxygens (including phenoxy) is 1. The van der Waals surface area contributed by atoms with E-state index in [0.717, 1.165) is 0 Å². The maximum atomic E-state index is 13.5. The number of hydrogen-bond donors (Lipinski definition) is 0. The van der Waals surface area contributed by atoms with Crippen molar-refractivity contribution < 1.29 is 13.9 Å². The van der Waals surface area contributed by atoms with Crippen molar-refractivity contribution in [3.05, 3.63) is 75.7 Å². The van der Waals surface area contributed by atoms with Gasteiger partial charge in [-0.15, -0.1) is 0 Å². The van der Waals surface area contributed by atoms with E-state index in [1.165, 1.54) is 35.0 Å². The summed E-state index contributed by atoms with van der Waals surface area (Å²) in [7, 11) is 0. The van der Waals surface area contributed by atoms with Gasteiger partial charge in [0.2, 0.25) is 5.88 Å². The molecule has 0 aliphatic rings. The van der Waals surface area contributed by atoms with Crippen LogP contribution in [0.3, 0.4) is 0 Å². The highest BCUT2D eigenvalue weighted by Gasteiger charge is 2.16. The van der Waals surface area contributed by atoms with Gasteiger partial charge in [0.15, 0.2) is 0 Å². The molecular formula is C18H13Cl2FN2O2. The van der Waals surface area contributed by atoms with E-state index in [4.69, 9.17) is 27.9 Å². The summed E-state index contributed by atoms with van der Waals surface area (Å²) in [5.74, 6) is -0.829. The van der Waals surface area contributed by atoms with Crippen LogP contribution in [0.15, 0.2) is 48.5 Å². The first-order chi connectivity index (χ1) is 12.0. The van der Waals surface area contributed by atoms with Crippen LogP contribution in [0.2, 0.25) is 10.0 Å². The molecule has 1 aromatic heterocycles. The van der Waals surface area contributed by atoms with Crippen LogP contribution < -0.4 is 4.74 Å². The van der Waals surface area contributed by atoms with E-state index in [1.807, 2.05) is 6.92 Å². The third kappa shape index (κ3) is 3.83. The first-order valence-electron chi connectivity index (χ1n) is 7.50. The van der Waals surface area contributed by atoms with Gasteiger partial charge in [-0.05, 0) is 42.8 Å². The minimum Gasteiger partial charge on any atom is -0.404 e. The predicted octanol–water partition coefficient (Wildman–Crippen LogP) is 5.10. The minimum absolute atomic E-state index is 0.193. The number of hydrogen-bond acceptors (Lipinski definition) is 3. The third-order valence-corrected chi connectivity index (χ3v) is 4.23. The van der Waals surface area contributed by atoms with Gasteiger partial charge in [0.25, 0.3) is 0 Å². The fourth-order valence-corrected chi connectivity index (χ4v) is 2.52.